The van der Waals surface area contributed by atoms with Gasteiger partial charge in [-0.3, -0.25) is 4.79 Å². The fraction of sp³-hybridized carbons (Fsp3) is 0.500. The Labute approximate surface area is 238 Å². The lowest BCUT2D eigenvalue weighted by atomic mass is 10.0. The van der Waals surface area contributed by atoms with E-state index in [-0.39, 0.29) is 62.1 Å². The Bertz CT molecular complexity index is 1290. The molecule has 40 heavy (non-hydrogen) atoms. The number of ether oxygens (including phenoxy) is 4. The van der Waals surface area contributed by atoms with Crippen LogP contribution in [0.2, 0.25) is 0 Å². The average molecular weight is 598 g/mol. The highest BCUT2D eigenvalue weighted by Crippen LogP contribution is 2.38. The molecule has 0 bridgehead atoms. The van der Waals surface area contributed by atoms with E-state index in [0.29, 0.717) is 18.0 Å². The molecular formula is C26H35N3O9S2. The fourth-order valence-corrected chi connectivity index (χ4v) is 6.78. The Morgan fingerprint density at radius 1 is 1.00 bits per heavy atom. The third-order valence-corrected chi connectivity index (χ3v) is 9.18. The summed E-state index contributed by atoms with van der Waals surface area (Å²) in [5.41, 5.74) is 1.20. The van der Waals surface area contributed by atoms with Crippen LogP contribution >= 0.6 is 11.3 Å². The lowest BCUT2D eigenvalue weighted by molar-refractivity contribution is 0.0526. The first kappa shape index (κ1) is 31.5. The predicted octanol–water partition coefficient (Wildman–Crippen LogP) is 2.98. The van der Waals surface area contributed by atoms with Gasteiger partial charge in [0.2, 0.25) is 10.0 Å². The largest absolute Gasteiger partial charge is 0.462 e. The van der Waals surface area contributed by atoms with Crippen molar-refractivity contribution < 1.29 is 41.7 Å². The maximum atomic E-state index is 13.2. The van der Waals surface area contributed by atoms with Crippen LogP contribution in [0.15, 0.2) is 29.2 Å². The number of sulfonamides is 1. The van der Waals surface area contributed by atoms with Crippen LogP contribution in [0.25, 0.3) is 0 Å². The van der Waals surface area contributed by atoms with Crippen LogP contribution < -0.4 is 5.32 Å². The van der Waals surface area contributed by atoms with Crippen molar-refractivity contribution in [2.75, 3.05) is 65.6 Å². The summed E-state index contributed by atoms with van der Waals surface area (Å²) in [7, 11) is -0.873. The zero-order valence-corrected chi connectivity index (χ0v) is 24.7. The van der Waals surface area contributed by atoms with Crippen molar-refractivity contribution in [1.29, 1.82) is 0 Å². The number of esters is 1. The molecule has 0 radical (unpaired) electrons. The number of hydrogen-bond donors (Lipinski definition) is 1. The maximum absolute atomic E-state index is 13.2. The number of rotatable bonds is 13. The molecule has 14 heteroatoms. The summed E-state index contributed by atoms with van der Waals surface area (Å²) in [6.45, 7) is 5.18. The number of thiophene rings is 1. The molecule has 1 aliphatic rings. The molecule has 2 amide bonds. The first-order valence-corrected chi connectivity index (χ1v) is 15.1. The number of nitrogens with one attached hydrogen (secondary N) is 1. The van der Waals surface area contributed by atoms with Crippen molar-refractivity contribution in [2.45, 2.75) is 31.7 Å². The number of fused-ring (bicyclic) bond motifs is 1. The number of nitrogens with zero attached hydrogens (tertiary/aromatic N) is 2. The van der Waals surface area contributed by atoms with Crippen molar-refractivity contribution in [1.82, 2.24) is 9.21 Å². The molecule has 1 aromatic carbocycles. The van der Waals surface area contributed by atoms with Gasteiger partial charge < -0.3 is 29.2 Å². The summed E-state index contributed by atoms with van der Waals surface area (Å²) in [5.74, 6) is -1.08. The van der Waals surface area contributed by atoms with E-state index in [1.165, 1.54) is 54.1 Å². The number of anilines is 1. The van der Waals surface area contributed by atoms with Gasteiger partial charge in [0.25, 0.3) is 5.91 Å². The van der Waals surface area contributed by atoms with E-state index in [9.17, 15) is 22.8 Å². The molecule has 0 spiro atoms. The summed E-state index contributed by atoms with van der Waals surface area (Å²) in [6, 6.07) is 5.54. The Hall–Kier alpha value is -3.04. The maximum Gasteiger partial charge on any atom is 0.410 e. The Morgan fingerprint density at radius 3 is 2.20 bits per heavy atom. The van der Waals surface area contributed by atoms with E-state index in [2.05, 4.69) is 5.32 Å². The van der Waals surface area contributed by atoms with E-state index in [4.69, 9.17) is 18.9 Å². The van der Waals surface area contributed by atoms with Crippen molar-refractivity contribution >= 4 is 44.3 Å². The van der Waals surface area contributed by atoms with Gasteiger partial charge in [0.15, 0.2) is 0 Å². The number of carbonyl (C=O) groups excluding carboxylic acids is 3. The lowest BCUT2D eigenvalue weighted by Gasteiger charge is -2.26. The number of amides is 2. The van der Waals surface area contributed by atoms with Gasteiger partial charge in [-0.2, -0.15) is 4.31 Å². The SMILES string of the molecule is CCOC(=O)c1c(NC(=O)c2ccc(S(=O)(=O)N(CCOC)CCOC)cc2)sc2c1CCN(C(=O)OCC)C2. The smallest absolute Gasteiger partial charge is 0.410 e. The van der Waals surface area contributed by atoms with Crippen LogP contribution in [0.4, 0.5) is 9.80 Å². The van der Waals surface area contributed by atoms with Gasteiger partial charge in [-0.15, -0.1) is 11.3 Å². The Balaban J connectivity index is 1.83. The second-order valence-corrected chi connectivity index (χ2v) is 11.7. The fourth-order valence-electron chi connectivity index (χ4n) is 4.12. The van der Waals surface area contributed by atoms with E-state index < -0.39 is 28.0 Å². The molecular weight excluding hydrogens is 562 g/mol. The van der Waals surface area contributed by atoms with Crippen LogP contribution in [0.3, 0.4) is 0 Å². The van der Waals surface area contributed by atoms with Crippen molar-refractivity contribution in [3.05, 3.63) is 45.8 Å². The van der Waals surface area contributed by atoms with Gasteiger partial charge in [-0.25, -0.2) is 18.0 Å². The summed E-state index contributed by atoms with van der Waals surface area (Å²) in [5, 5.41) is 3.09. The molecule has 2 aromatic rings. The Morgan fingerprint density at radius 2 is 1.62 bits per heavy atom. The zero-order chi connectivity index (χ0) is 29.3. The minimum absolute atomic E-state index is 0.0223. The third-order valence-electron chi connectivity index (χ3n) is 6.13. The van der Waals surface area contributed by atoms with Gasteiger partial charge in [0, 0.05) is 44.3 Å². The number of methoxy groups -OCH3 is 2. The van der Waals surface area contributed by atoms with E-state index >= 15 is 0 Å². The molecule has 2 heterocycles. The van der Waals surface area contributed by atoms with Gasteiger partial charge in [-0.05, 0) is 50.1 Å². The summed E-state index contributed by atoms with van der Waals surface area (Å²) in [4.78, 5) is 40.6. The summed E-state index contributed by atoms with van der Waals surface area (Å²) < 4.78 is 48.0. The predicted molar refractivity (Wildman–Crippen MR) is 148 cm³/mol. The molecule has 0 aliphatic carbocycles. The van der Waals surface area contributed by atoms with E-state index in [1.807, 2.05) is 0 Å². The van der Waals surface area contributed by atoms with Crippen LogP contribution in [0.1, 0.15) is 45.0 Å². The monoisotopic (exact) mass is 597 g/mol. The zero-order valence-electron chi connectivity index (χ0n) is 23.1. The van der Waals surface area contributed by atoms with E-state index in [1.54, 1.807) is 18.7 Å². The van der Waals surface area contributed by atoms with Gasteiger partial charge in [0.1, 0.15) is 5.00 Å². The lowest BCUT2D eigenvalue weighted by Crippen LogP contribution is -2.36. The first-order valence-electron chi connectivity index (χ1n) is 12.8. The highest BCUT2D eigenvalue weighted by atomic mass is 32.2. The van der Waals surface area contributed by atoms with Crippen molar-refractivity contribution in [3.8, 4) is 0 Å². The highest BCUT2D eigenvalue weighted by molar-refractivity contribution is 7.89. The second-order valence-electron chi connectivity index (χ2n) is 8.67. The molecule has 12 nitrogen and oxygen atoms in total. The highest BCUT2D eigenvalue weighted by Gasteiger charge is 2.32. The topological polar surface area (TPSA) is 141 Å². The molecule has 3 rings (SSSR count). The van der Waals surface area contributed by atoms with Crippen LogP contribution in [0, 0.1) is 0 Å². The molecule has 1 aromatic heterocycles. The molecule has 0 saturated carbocycles. The first-order chi connectivity index (χ1) is 19.2. The second kappa shape index (κ2) is 14.6. The van der Waals surface area contributed by atoms with Gasteiger partial charge in [0.05, 0.1) is 43.4 Å². The number of hydrogen-bond acceptors (Lipinski definition) is 10. The van der Waals surface area contributed by atoms with Crippen molar-refractivity contribution in [3.63, 3.8) is 0 Å². The molecule has 0 fully saturated rings. The third kappa shape index (κ3) is 7.37. The quantitative estimate of drug-likeness (QED) is 0.345. The molecule has 1 aliphatic heterocycles. The average Bonchev–Trinajstić information content (AvgIpc) is 3.30. The molecule has 0 saturated heterocycles. The summed E-state index contributed by atoms with van der Waals surface area (Å²) >= 11 is 1.20. The van der Waals surface area contributed by atoms with Gasteiger partial charge in [-0.1, -0.05) is 0 Å². The van der Waals surface area contributed by atoms with Gasteiger partial charge >= 0.3 is 12.1 Å². The van der Waals surface area contributed by atoms with E-state index in [0.717, 1.165) is 10.4 Å². The summed E-state index contributed by atoms with van der Waals surface area (Å²) in [6.07, 6.45) is -0.0352. The van der Waals surface area contributed by atoms with Crippen LogP contribution in [0.5, 0.6) is 0 Å². The molecule has 0 atom stereocenters. The van der Waals surface area contributed by atoms with Crippen LogP contribution in [-0.2, 0) is 41.9 Å². The van der Waals surface area contributed by atoms with Crippen LogP contribution in [-0.4, -0.2) is 95.9 Å². The number of benzene rings is 1. The Kier molecular flexibility index (Phi) is 11.5. The number of carbonyl (C=O) groups is 3. The normalized spacial score (nSPS) is 13.2. The minimum Gasteiger partial charge on any atom is -0.462 e. The standard InChI is InChI=1S/C26H35N3O9S2/c1-5-37-25(31)22-20-11-12-28(26(32)38-6-2)17-21(20)39-24(22)27-23(30)18-7-9-19(10-8-18)40(33,34)29(13-15-35-3)14-16-36-4/h7-10H,5-6,11-17H2,1-4H3,(H,27,30). The molecule has 0 unspecified atom stereocenters. The molecule has 1 N–H and O–H groups in total. The minimum atomic E-state index is -3.85. The van der Waals surface area contributed by atoms with Crippen molar-refractivity contribution in [2.24, 2.45) is 0 Å². The molecule has 220 valence electrons.